The monoisotopic (exact) mass is 523 g/mol. The van der Waals surface area contributed by atoms with Gasteiger partial charge in [-0.25, -0.2) is 8.42 Å². The molecule has 176 valence electrons. The zero-order chi connectivity index (χ0) is 23.1. The Morgan fingerprint density at radius 1 is 1.16 bits per heavy atom. The van der Waals surface area contributed by atoms with E-state index in [1.54, 1.807) is 35.5 Å². The van der Waals surface area contributed by atoms with Gasteiger partial charge in [0.15, 0.2) is 0 Å². The van der Waals surface area contributed by atoms with Crippen molar-refractivity contribution in [3.05, 3.63) is 40.4 Å². The molecule has 1 saturated heterocycles. The van der Waals surface area contributed by atoms with Crippen molar-refractivity contribution in [2.24, 2.45) is 17.3 Å². The minimum Gasteiger partial charge on any atom is -0.338 e. The minimum atomic E-state index is -3.47. The fourth-order valence-corrected chi connectivity index (χ4v) is 7.12. The fourth-order valence-electron chi connectivity index (χ4n) is 5.44. The second-order valence-corrected chi connectivity index (χ2v) is 12.8. The summed E-state index contributed by atoms with van der Waals surface area (Å²) in [6, 6.07) is 6.79. The molecule has 8 heteroatoms. The summed E-state index contributed by atoms with van der Waals surface area (Å²) in [6.45, 7) is 10.9. The first kappa shape index (κ1) is 23.9. The van der Waals surface area contributed by atoms with E-state index in [1.807, 2.05) is 4.90 Å². The van der Waals surface area contributed by atoms with Crippen LogP contribution in [0.5, 0.6) is 0 Å². The number of amides is 1. The largest absolute Gasteiger partial charge is 0.338 e. The first-order valence-electron chi connectivity index (χ1n) is 11.5. The number of rotatable bonds is 7. The van der Waals surface area contributed by atoms with E-state index in [1.165, 1.54) is 12.0 Å². The van der Waals surface area contributed by atoms with Crippen LogP contribution >= 0.6 is 15.9 Å². The molecule has 0 N–H and O–H groups in total. The van der Waals surface area contributed by atoms with Gasteiger partial charge in [-0.3, -0.25) is 9.69 Å². The number of sulfonamides is 1. The fraction of sp³-hybridized carbons (Fsp3) is 0.625. The van der Waals surface area contributed by atoms with Crippen LogP contribution in [0.3, 0.4) is 0 Å². The van der Waals surface area contributed by atoms with Crippen molar-refractivity contribution in [1.82, 2.24) is 14.1 Å². The van der Waals surface area contributed by atoms with E-state index in [-0.39, 0.29) is 5.91 Å². The lowest BCUT2D eigenvalue weighted by atomic mass is 9.49. The first-order valence-corrected chi connectivity index (χ1v) is 13.7. The van der Waals surface area contributed by atoms with E-state index in [0.717, 1.165) is 29.9 Å². The maximum atomic E-state index is 12.9. The standard InChI is InChI=1S/C24H34BrN3O3S/c1-18(29)27(17-19-4-5-20-16-23(19)24(20,2)3)13-10-26-11-14-28(15-12-26)32(30,31)22-8-6-21(25)7-9-22/h4,6-9,20,23H,5,10-17H2,1-3H3. The Morgan fingerprint density at radius 2 is 1.81 bits per heavy atom. The number of piperazine rings is 1. The lowest BCUT2D eigenvalue weighted by Gasteiger charge is -2.57. The minimum absolute atomic E-state index is 0.113. The summed E-state index contributed by atoms with van der Waals surface area (Å²) < 4.78 is 28.2. The number of allylic oxidation sites excluding steroid dienone is 1. The maximum absolute atomic E-state index is 12.9. The number of hydrogen-bond acceptors (Lipinski definition) is 4. The molecule has 4 aliphatic rings. The molecule has 1 aromatic rings. The van der Waals surface area contributed by atoms with Crippen molar-refractivity contribution in [3.8, 4) is 0 Å². The summed E-state index contributed by atoms with van der Waals surface area (Å²) in [5.41, 5.74) is 1.79. The Hall–Kier alpha value is -1.22. The zero-order valence-electron chi connectivity index (χ0n) is 19.3. The maximum Gasteiger partial charge on any atom is 0.243 e. The van der Waals surface area contributed by atoms with Crippen LogP contribution in [0, 0.1) is 17.3 Å². The SMILES string of the molecule is CC(=O)N(CCN1CCN(S(=O)(=O)c2ccc(Br)cc2)CC1)CC1=CCC2CC1C2(C)C. The van der Waals surface area contributed by atoms with Gasteiger partial charge in [-0.1, -0.05) is 41.4 Å². The van der Waals surface area contributed by atoms with Gasteiger partial charge in [-0.2, -0.15) is 4.31 Å². The van der Waals surface area contributed by atoms with Crippen LogP contribution in [-0.4, -0.2) is 74.2 Å². The third kappa shape index (κ3) is 4.69. The van der Waals surface area contributed by atoms with Crippen LogP contribution in [0.15, 0.2) is 45.3 Å². The van der Waals surface area contributed by atoms with Gasteiger partial charge in [-0.15, -0.1) is 0 Å². The van der Waals surface area contributed by atoms with Crippen LogP contribution in [0.25, 0.3) is 0 Å². The van der Waals surface area contributed by atoms with Crippen LogP contribution in [0.2, 0.25) is 0 Å². The van der Waals surface area contributed by atoms with Gasteiger partial charge in [0.1, 0.15) is 0 Å². The molecule has 1 amide bonds. The lowest BCUT2D eigenvalue weighted by Crippen LogP contribution is -2.52. The first-order chi connectivity index (χ1) is 15.1. The molecule has 2 bridgehead atoms. The van der Waals surface area contributed by atoms with E-state index < -0.39 is 10.0 Å². The molecule has 5 rings (SSSR count). The summed E-state index contributed by atoms with van der Waals surface area (Å²) in [4.78, 5) is 16.9. The van der Waals surface area contributed by atoms with Crippen molar-refractivity contribution in [3.63, 3.8) is 0 Å². The molecule has 1 saturated carbocycles. The molecule has 2 atom stereocenters. The molecular weight excluding hydrogens is 490 g/mol. The third-order valence-corrected chi connectivity index (χ3v) is 10.3. The second kappa shape index (κ2) is 9.20. The summed E-state index contributed by atoms with van der Waals surface area (Å²) in [7, 11) is -3.47. The van der Waals surface area contributed by atoms with Gasteiger partial charge in [0, 0.05) is 57.2 Å². The molecule has 6 nitrogen and oxygen atoms in total. The Kier molecular flexibility index (Phi) is 6.88. The van der Waals surface area contributed by atoms with Crippen LogP contribution in [0.4, 0.5) is 0 Å². The van der Waals surface area contributed by atoms with Crippen LogP contribution < -0.4 is 0 Å². The molecule has 1 aromatic carbocycles. The zero-order valence-corrected chi connectivity index (χ0v) is 21.7. The van der Waals surface area contributed by atoms with Crippen molar-refractivity contribution in [2.45, 2.75) is 38.5 Å². The Bertz CT molecular complexity index is 982. The molecule has 0 radical (unpaired) electrons. The number of hydrogen-bond donors (Lipinski definition) is 0. The van der Waals surface area contributed by atoms with Gasteiger partial charge in [0.25, 0.3) is 0 Å². The van der Waals surface area contributed by atoms with Gasteiger partial charge < -0.3 is 4.90 Å². The Morgan fingerprint density at radius 3 is 2.38 bits per heavy atom. The van der Waals surface area contributed by atoms with E-state index in [0.29, 0.717) is 49.0 Å². The van der Waals surface area contributed by atoms with Crippen molar-refractivity contribution in [2.75, 3.05) is 45.8 Å². The van der Waals surface area contributed by atoms with Crippen molar-refractivity contribution < 1.29 is 13.2 Å². The van der Waals surface area contributed by atoms with Gasteiger partial charge in [0.2, 0.25) is 15.9 Å². The number of carbonyl (C=O) groups excluding carboxylic acids is 1. The summed E-state index contributed by atoms with van der Waals surface area (Å²) >= 11 is 3.35. The Labute approximate surface area is 200 Å². The number of halogens is 1. The molecule has 32 heavy (non-hydrogen) atoms. The summed E-state index contributed by atoms with van der Waals surface area (Å²) in [5, 5.41) is 0. The van der Waals surface area contributed by atoms with E-state index in [2.05, 4.69) is 40.8 Å². The van der Waals surface area contributed by atoms with E-state index in [9.17, 15) is 13.2 Å². The summed E-state index contributed by atoms with van der Waals surface area (Å²) in [6.07, 6.45) is 4.77. The average molecular weight is 525 g/mol. The number of carbonyl (C=O) groups is 1. The second-order valence-electron chi connectivity index (χ2n) is 9.96. The smallest absolute Gasteiger partial charge is 0.243 e. The quantitative estimate of drug-likeness (QED) is 0.512. The van der Waals surface area contributed by atoms with Crippen molar-refractivity contribution >= 4 is 31.9 Å². The predicted octanol–water partition coefficient (Wildman–Crippen LogP) is 3.60. The predicted molar refractivity (Wildman–Crippen MR) is 130 cm³/mol. The van der Waals surface area contributed by atoms with E-state index >= 15 is 0 Å². The molecule has 1 aliphatic heterocycles. The topological polar surface area (TPSA) is 60.9 Å². The molecule has 1 heterocycles. The molecule has 3 aliphatic carbocycles. The van der Waals surface area contributed by atoms with Crippen LogP contribution in [0.1, 0.15) is 33.6 Å². The van der Waals surface area contributed by atoms with Gasteiger partial charge in [-0.05, 0) is 54.4 Å². The highest BCUT2D eigenvalue weighted by Crippen LogP contribution is 2.59. The van der Waals surface area contributed by atoms with Crippen molar-refractivity contribution in [1.29, 1.82) is 0 Å². The van der Waals surface area contributed by atoms with E-state index in [4.69, 9.17) is 0 Å². The lowest BCUT2D eigenvalue weighted by molar-refractivity contribution is -0.129. The Balaban J connectivity index is 1.29. The molecular formula is C24H34BrN3O3S. The molecule has 0 spiro atoms. The molecule has 2 fully saturated rings. The highest BCUT2D eigenvalue weighted by molar-refractivity contribution is 9.10. The third-order valence-electron chi connectivity index (χ3n) is 7.87. The highest BCUT2D eigenvalue weighted by Gasteiger charge is 2.51. The number of nitrogens with zero attached hydrogens (tertiary/aromatic N) is 3. The number of benzene rings is 1. The highest BCUT2D eigenvalue weighted by atomic mass is 79.9. The molecule has 0 aromatic heterocycles. The summed E-state index contributed by atoms with van der Waals surface area (Å²) in [5.74, 6) is 1.52. The van der Waals surface area contributed by atoms with Gasteiger partial charge in [0.05, 0.1) is 4.90 Å². The van der Waals surface area contributed by atoms with Gasteiger partial charge >= 0.3 is 0 Å². The number of fused-ring (bicyclic) bond motifs is 1. The average Bonchev–Trinajstić information content (AvgIpc) is 2.77. The van der Waals surface area contributed by atoms with Crippen LogP contribution in [-0.2, 0) is 14.8 Å². The molecule has 2 unspecified atom stereocenters. The normalized spacial score (nSPS) is 25.7.